The van der Waals surface area contributed by atoms with E-state index >= 15 is 4.39 Å². The number of carbonyl (C=O) groups excluding carboxylic acids is 1. The Morgan fingerprint density at radius 1 is 0.750 bits per heavy atom. The second-order valence-electron chi connectivity index (χ2n) is 11.2. The van der Waals surface area contributed by atoms with Crippen molar-refractivity contribution in [1.29, 1.82) is 0 Å². The summed E-state index contributed by atoms with van der Waals surface area (Å²) in [5.41, 5.74) is -4.12. The normalized spacial score (nSPS) is 15.3. The van der Waals surface area contributed by atoms with Crippen molar-refractivity contribution in [3.8, 4) is 11.5 Å². The molecule has 4 nitrogen and oxygen atoms in total. The fourth-order valence-corrected chi connectivity index (χ4v) is 5.17. The van der Waals surface area contributed by atoms with E-state index in [1.807, 2.05) is 0 Å². The van der Waals surface area contributed by atoms with Crippen LogP contribution < -0.4 is 14.8 Å². The molecule has 0 unspecified atom stereocenters. The molecular formula is C34H25F10NO3. The van der Waals surface area contributed by atoms with Crippen molar-refractivity contribution >= 4 is 5.91 Å². The summed E-state index contributed by atoms with van der Waals surface area (Å²) in [4.78, 5) is 13.8. The number of nitrogens with one attached hydrogen (secondary N) is 1. The molecule has 0 heterocycles. The van der Waals surface area contributed by atoms with E-state index in [0.717, 1.165) is 36.8 Å². The Balaban J connectivity index is 1.71. The van der Waals surface area contributed by atoms with E-state index in [1.54, 1.807) is 30.3 Å². The predicted molar refractivity (Wildman–Crippen MR) is 153 cm³/mol. The van der Waals surface area contributed by atoms with Gasteiger partial charge in [0.1, 0.15) is 11.6 Å². The molecule has 14 heteroatoms. The van der Waals surface area contributed by atoms with E-state index in [9.17, 15) is 44.3 Å². The highest BCUT2D eigenvalue weighted by Gasteiger charge is 2.61. The fraction of sp³-hybridized carbons (Fsp3) is 0.265. The molecular weight excluding hydrogens is 660 g/mol. The summed E-state index contributed by atoms with van der Waals surface area (Å²) in [7, 11) is 0. The van der Waals surface area contributed by atoms with E-state index in [2.05, 4.69) is 10.1 Å². The van der Waals surface area contributed by atoms with Gasteiger partial charge in [-0.05, 0) is 78.4 Å². The van der Waals surface area contributed by atoms with E-state index in [0.29, 0.717) is 24.5 Å². The third-order valence-electron chi connectivity index (χ3n) is 7.85. The maximum absolute atomic E-state index is 15.0. The lowest BCUT2D eigenvalue weighted by Gasteiger charge is -2.37. The van der Waals surface area contributed by atoms with Gasteiger partial charge in [-0.3, -0.25) is 4.79 Å². The summed E-state index contributed by atoms with van der Waals surface area (Å²) >= 11 is 0. The first-order valence-electron chi connectivity index (χ1n) is 14.4. The van der Waals surface area contributed by atoms with Gasteiger partial charge in [0.2, 0.25) is 0 Å². The Kier molecular flexibility index (Phi) is 9.39. The zero-order chi connectivity index (χ0) is 34.9. The third-order valence-corrected chi connectivity index (χ3v) is 7.85. The number of ether oxygens (including phenoxy) is 2. The minimum Gasteiger partial charge on any atom is -0.487 e. The molecule has 1 aliphatic rings. The molecule has 0 spiro atoms. The van der Waals surface area contributed by atoms with Crippen LogP contribution in [-0.4, -0.2) is 24.3 Å². The standard InChI is InChI=1S/C34H25F10NO3/c35-27-14-12-21(16-26(27)32(37,38)39)30(46)45-31(19-20-6-2-1-3-7-20,23-13-15-28(36)29(18-23)47-24-9-5-10-24)22-8-4-11-25(17-22)48-34(43,44)33(40,41)42/h1-4,6-8,11-18,24H,5,9-10,19H2,(H,45,46)/t31-/m1/s1. The second kappa shape index (κ2) is 13.0. The first-order valence-corrected chi connectivity index (χ1v) is 14.4. The monoisotopic (exact) mass is 685 g/mol. The second-order valence-corrected chi connectivity index (χ2v) is 11.2. The number of hydrogen-bond donors (Lipinski definition) is 1. The summed E-state index contributed by atoms with van der Waals surface area (Å²) < 4.78 is 147. The topological polar surface area (TPSA) is 47.6 Å². The lowest BCUT2D eigenvalue weighted by molar-refractivity contribution is -0.360. The number of rotatable bonds is 10. The minimum atomic E-state index is -6.10. The summed E-state index contributed by atoms with van der Waals surface area (Å²) in [6, 6.07) is 16.9. The number of halogens is 10. The van der Waals surface area contributed by atoms with Crippen LogP contribution in [0.4, 0.5) is 43.9 Å². The molecule has 1 amide bonds. The maximum atomic E-state index is 15.0. The van der Waals surface area contributed by atoms with Crippen molar-refractivity contribution in [3.05, 3.63) is 130 Å². The van der Waals surface area contributed by atoms with E-state index < -0.39 is 58.4 Å². The van der Waals surface area contributed by atoms with Gasteiger partial charge >= 0.3 is 18.5 Å². The van der Waals surface area contributed by atoms with E-state index in [4.69, 9.17) is 4.74 Å². The number of benzene rings is 4. The first kappa shape index (κ1) is 34.6. The molecule has 1 aliphatic carbocycles. The number of hydrogen-bond acceptors (Lipinski definition) is 3. The molecule has 5 rings (SSSR count). The lowest BCUT2D eigenvalue weighted by Crippen LogP contribution is -2.49. The Hall–Kier alpha value is -4.75. The summed E-state index contributed by atoms with van der Waals surface area (Å²) in [5.74, 6) is -4.91. The zero-order valence-corrected chi connectivity index (χ0v) is 24.6. The van der Waals surface area contributed by atoms with Crippen LogP contribution in [-0.2, 0) is 18.1 Å². The Morgan fingerprint density at radius 3 is 2.04 bits per heavy atom. The van der Waals surface area contributed by atoms with Crippen LogP contribution in [0.1, 0.15) is 51.9 Å². The summed E-state index contributed by atoms with van der Waals surface area (Å²) in [6.07, 6.45) is -15.5. The molecule has 254 valence electrons. The maximum Gasteiger partial charge on any atom is 0.499 e. The molecule has 1 fully saturated rings. The van der Waals surface area contributed by atoms with Crippen molar-refractivity contribution in [2.45, 2.75) is 55.8 Å². The quantitative estimate of drug-likeness (QED) is 0.169. The van der Waals surface area contributed by atoms with E-state index in [1.165, 1.54) is 18.2 Å². The average molecular weight is 686 g/mol. The van der Waals surface area contributed by atoms with Crippen molar-refractivity contribution < 1.29 is 58.2 Å². The van der Waals surface area contributed by atoms with Crippen LogP contribution in [0.5, 0.6) is 11.5 Å². The van der Waals surface area contributed by atoms with E-state index in [-0.39, 0.29) is 35.5 Å². The van der Waals surface area contributed by atoms with Crippen LogP contribution in [0.25, 0.3) is 0 Å². The van der Waals surface area contributed by atoms with Gasteiger partial charge in [-0.2, -0.15) is 35.1 Å². The van der Waals surface area contributed by atoms with Gasteiger partial charge in [0.15, 0.2) is 11.6 Å². The molecule has 0 bridgehead atoms. The van der Waals surface area contributed by atoms with Gasteiger partial charge in [0.05, 0.1) is 17.2 Å². The molecule has 1 atom stereocenters. The number of alkyl halides is 8. The molecule has 4 aromatic carbocycles. The van der Waals surface area contributed by atoms with Crippen molar-refractivity contribution in [2.24, 2.45) is 0 Å². The SMILES string of the molecule is O=C(N[C@](Cc1ccccc1)(c1cccc(OC(F)(F)C(F)(F)F)c1)c1ccc(F)c(OC2CCC2)c1)c1ccc(F)c(C(F)(F)F)c1. The highest BCUT2D eigenvalue weighted by molar-refractivity contribution is 5.95. The fourth-order valence-electron chi connectivity index (χ4n) is 5.17. The van der Waals surface area contributed by atoms with Gasteiger partial charge < -0.3 is 14.8 Å². The predicted octanol–water partition coefficient (Wildman–Crippen LogP) is 9.37. The smallest absolute Gasteiger partial charge is 0.487 e. The van der Waals surface area contributed by atoms with Crippen molar-refractivity contribution in [3.63, 3.8) is 0 Å². The van der Waals surface area contributed by atoms with Crippen LogP contribution in [0, 0.1) is 11.6 Å². The summed E-state index contributed by atoms with van der Waals surface area (Å²) in [5, 5.41) is 2.60. The minimum absolute atomic E-state index is 0.0216. The van der Waals surface area contributed by atoms with Crippen molar-refractivity contribution in [2.75, 3.05) is 0 Å². The molecule has 48 heavy (non-hydrogen) atoms. The third kappa shape index (κ3) is 7.37. The van der Waals surface area contributed by atoms with Gasteiger partial charge in [-0.15, -0.1) is 0 Å². The van der Waals surface area contributed by atoms with Gasteiger partial charge in [-0.25, -0.2) is 8.78 Å². The molecule has 0 aromatic heterocycles. The Morgan fingerprint density at radius 2 is 1.42 bits per heavy atom. The molecule has 0 saturated heterocycles. The highest BCUT2D eigenvalue weighted by Crippen LogP contribution is 2.42. The largest absolute Gasteiger partial charge is 0.499 e. The Labute approximate surface area is 267 Å². The van der Waals surface area contributed by atoms with Crippen molar-refractivity contribution in [1.82, 2.24) is 5.32 Å². The molecule has 0 aliphatic heterocycles. The number of carbonyl (C=O) groups is 1. The van der Waals surface area contributed by atoms with Gasteiger partial charge in [0, 0.05) is 12.0 Å². The summed E-state index contributed by atoms with van der Waals surface area (Å²) in [6.45, 7) is 0. The number of amides is 1. The molecule has 0 radical (unpaired) electrons. The van der Waals surface area contributed by atoms with Gasteiger partial charge in [0.25, 0.3) is 5.91 Å². The molecule has 1 N–H and O–H groups in total. The van der Waals surface area contributed by atoms with Crippen LogP contribution in [0.2, 0.25) is 0 Å². The zero-order valence-electron chi connectivity index (χ0n) is 24.6. The highest BCUT2D eigenvalue weighted by atomic mass is 19.4. The van der Waals surface area contributed by atoms with Crippen LogP contribution in [0.15, 0.2) is 91.0 Å². The van der Waals surface area contributed by atoms with Gasteiger partial charge in [-0.1, -0.05) is 48.5 Å². The molecule has 1 saturated carbocycles. The first-order chi connectivity index (χ1) is 22.5. The molecule has 4 aromatic rings. The average Bonchev–Trinajstić information content (AvgIpc) is 2.99. The Bertz CT molecular complexity index is 1770. The van der Waals surface area contributed by atoms with Crippen LogP contribution >= 0.6 is 0 Å². The van der Waals surface area contributed by atoms with Crippen LogP contribution in [0.3, 0.4) is 0 Å². The lowest BCUT2D eigenvalue weighted by atomic mass is 9.77.